The lowest BCUT2D eigenvalue weighted by Gasteiger charge is -2.34. The number of aromatic hydroxyl groups is 3. The van der Waals surface area contributed by atoms with Gasteiger partial charge in [-0.05, 0) is 199 Å². The fourth-order valence-corrected chi connectivity index (χ4v) is 19.1. The molecule has 0 radical (unpaired) electrons. The first kappa shape index (κ1) is 83.7. The van der Waals surface area contributed by atoms with Crippen LogP contribution in [0.4, 0.5) is 4.39 Å². The number of phenols is 2. The topological polar surface area (TPSA) is 93.9 Å². The molecule has 0 aliphatic rings. The van der Waals surface area contributed by atoms with Crippen LogP contribution in [0.2, 0.25) is 0 Å². The van der Waals surface area contributed by atoms with Crippen molar-refractivity contribution < 1.29 is 29.2 Å². The number of para-hydroxylation sites is 4. The highest BCUT2D eigenvalue weighted by Gasteiger charge is 2.35. The van der Waals surface area contributed by atoms with Gasteiger partial charge in [0.2, 0.25) is 0 Å². The van der Waals surface area contributed by atoms with Gasteiger partial charge >= 0.3 is 0 Å². The quantitative estimate of drug-likeness (QED) is 0.0996. The highest BCUT2D eigenvalue weighted by Crippen LogP contribution is 2.52. The Kier molecular flexibility index (Phi) is 22.4. The van der Waals surface area contributed by atoms with Gasteiger partial charge < -0.3 is 33.9 Å². The number of fused-ring (bicyclic) bond motifs is 9. The summed E-state index contributed by atoms with van der Waals surface area (Å²) in [6.07, 6.45) is 3.93. The smallest absolute Gasteiger partial charge is 0.158 e. The molecule has 0 spiro atoms. The van der Waals surface area contributed by atoms with Gasteiger partial charge in [-0.3, -0.25) is 4.57 Å². The number of phenolic OH excluding ortho intramolecular Hbond substituents is 2. The number of thiophene rings is 1. The minimum atomic E-state index is -0.315. The van der Waals surface area contributed by atoms with Crippen LogP contribution in [0.5, 0.6) is 28.7 Å². The Bertz CT molecular complexity index is 6040. The van der Waals surface area contributed by atoms with Gasteiger partial charge in [-0.25, -0.2) is 4.39 Å². The number of nitrogens with zero attached hydrogens (tertiary/aromatic N) is 3. The van der Waals surface area contributed by atoms with E-state index in [0.717, 1.165) is 117 Å². The normalized spacial score (nSPS) is 12.8. The maximum Gasteiger partial charge on any atom is 0.158 e. The maximum atomic E-state index is 14.9. The van der Waals surface area contributed by atoms with E-state index in [1.165, 1.54) is 66.8 Å². The molecule has 11 heteroatoms. The van der Waals surface area contributed by atoms with Crippen LogP contribution in [0.3, 0.4) is 0 Å². The minimum Gasteiger partial charge on any atom is -0.505 e. The van der Waals surface area contributed by atoms with Crippen molar-refractivity contribution in [2.24, 2.45) is 10.8 Å². The van der Waals surface area contributed by atoms with Crippen molar-refractivity contribution in [1.29, 1.82) is 0 Å². The Morgan fingerprint density at radius 2 is 0.690 bits per heavy atom. The standard InChI is InChI=1S/C41H50FNOS.C41H51NO2.C23H17NO2S/c1-38(2,3)24-41(10,11)27-19-32(31-23-28(42)15-18-36(31)45-12)37(44)35(22-27)43-33-20-25(39(4,5)6)13-16-29(33)30-17-14-26(21-34(30)43)40(7,8)9;1-38(2,3)25-41(10,11)28-23-32(29-15-13-14-16-36(29)44-12)37(43)35(24-28)42-33-19-17-26(39(4,5)6)21-30(33)31-22-27(40(7,8)9)18-20-34(31)42;1-26-21-13-7-4-10-17(21)18-14-27-23(22(18)25)24-19-11-5-2-8-15(19)16-9-3-6-12-20(16)24/h13-23,44H,24H2,1-12H3;13-24,43H,25H2,1-12H3;2-14,25H,1H3. The molecule has 0 amide bonds. The summed E-state index contributed by atoms with van der Waals surface area (Å²) in [6, 6.07) is 73.0. The van der Waals surface area contributed by atoms with Crippen molar-refractivity contribution in [1.82, 2.24) is 13.7 Å². The summed E-state index contributed by atoms with van der Waals surface area (Å²) in [5.74, 6) is 1.86. The molecule has 602 valence electrons. The van der Waals surface area contributed by atoms with Crippen molar-refractivity contribution in [3.8, 4) is 78.5 Å². The molecule has 4 aromatic heterocycles. The first-order valence-corrected chi connectivity index (χ1v) is 42.8. The zero-order valence-electron chi connectivity index (χ0n) is 72.9. The molecule has 0 unspecified atom stereocenters. The number of methoxy groups -OCH3 is 2. The number of thioether (sulfide) groups is 1. The van der Waals surface area contributed by atoms with Crippen molar-refractivity contribution >= 4 is 88.5 Å². The largest absolute Gasteiger partial charge is 0.505 e. The van der Waals surface area contributed by atoms with Gasteiger partial charge in [-0.15, -0.1) is 23.1 Å². The van der Waals surface area contributed by atoms with Gasteiger partial charge in [0.05, 0.1) is 58.7 Å². The minimum absolute atomic E-state index is 0.0142. The third kappa shape index (κ3) is 16.5. The lowest BCUT2D eigenvalue weighted by Crippen LogP contribution is -2.25. The van der Waals surface area contributed by atoms with Crippen LogP contribution < -0.4 is 9.47 Å². The van der Waals surface area contributed by atoms with E-state index in [1.54, 1.807) is 32.0 Å². The van der Waals surface area contributed by atoms with Crippen LogP contribution in [0.1, 0.15) is 199 Å². The molecule has 4 heterocycles. The second kappa shape index (κ2) is 31.0. The molecule has 3 N–H and O–H groups in total. The summed E-state index contributed by atoms with van der Waals surface area (Å²) < 4.78 is 32.8. The van der Waals surface area contributed by atoms with Crippen LogP contribution in [0.25, 0.3) is 115 Å². The van der Waals surface area contributed by atoms with Gasteiger partial charge in [-0.2, -0.15) is 0 Å². The zero-order chi connectivity index (χ0) is 84.1. The Morgan fingerprint density at radius 1 is 0.328 bits per heavy atom. The van der Waals surface area contributed by atoms with E-state index in [2.05, 4.69) is 287 Å². The Morgan fingerprint density at radius 3 is 1.10 bits per heavy atom. The lowest BCUT2D eigenvalue weighted by molar-refractivity contribution is 0.283. The van der Waals surface area contributed by atoms with E-state index in [-0.39, 0.29) is 66.4 Å². The molecule has 0 bridgehead atoms. The van der Waals surface area contributed by atoms with E-state index >= 15 is 0 Å². The van der Waals surface area contributed by atoms with Crippen molar-refractivity contribution in [2.45, 2.75) is 203 Å². The van der Waals surface area contributed by atoms with Crippen molar-refractivity contribution in [2.75, 3.05) is 20.5 Å². The van der Waals surface area contributed by atoms with Crippen LogP contribution in [-0.4, -0.2) is 49.5 Å². The van der Waals surface area contributed by atoms with Crippen molar-refractivity contribution in [3.63, 3.8) is 0 Å². The summed E-state index contributed by atoms with van der Waals surface area (Å²) in [5.41, 5.74) is 19.8. The monoisotopic (exact) mass is 1580 g/mol. The third-order valence-electron chi connectivity index (χ3n) is 22.9. The summed E-state index contributed by atoms with van der Waals surface area (Å²) >= 11 is 3.10. The van der Waals surface area contributed by atoms with E-state index in [1.807, 2.05) is 90.5 Å². The second-order valence-corrected chi connectivity index (χ2v) is 41.2. The number of halogens is 1. The molecule has 8 nitrogen and oxygen atoms in total. The Hall–Kier alpha value is -10.2. The average Bonchev–Trinajstić information content (AvgIpc) is 1.56. The van der Waals surface area contributed by atoms with Gasteiger partial charge in [0.15, 0.2) is 5.75 Å². The van der Waals surface area contributed by atoms with Gasteiger partial charge in [-0.1, -0.05) is 262 Å². The number of rotatable bonds is 13. The van der Waals surface area contributed by atoms with E-state index in [0.29, 0.717) is 11.1 Å². The fraction of sp³-hybridized carbons (Fsp3) is 0.333. The molecule has 15 aromatic rings. The first-order valence-electron chi connectivity index (χ1n) is 40.7. The summed E-state index contributed by atoms with van der Waals surface area (Å²) in [7, 11) is 3.34. The van der Waals surface area contributed by atoms with Gasteiger partial charge in [0, 0.05) is 76.0 Å². The highest BCUT2D eigenvalue weighted by atomic mass is 32.2. The SMILES string of the molecule is COc1ccccc1-c1cc(C(C)(C)CC(C)(C)C)cc(-n2c3ccc(C(C)(C)C)cc3c3cc(C(C)(C)C)ccc32)c1O.COc1ccccc1-c1csc(-n2c3ccccc3c3ccccc32)c1O.CSc1ccc(F)cc1-c1cc(C(C)(C)CC(C)(C)C)cc(-n2c3cc(C(C)(C)C)ccc3c3ccc(C(C)(C)C)cc32)c1O. The number of ether oxygens (including phenoxy) is 2. The fourth-order valence-electron chi connectivity index (χ4n) is 17.5. The predicted octanol–water partition coefficient (Wildman–Crippen LogP) is 30.0. The third-order valence-corrected chi connectivity index (χ3v) is 24.7. The molecule has 116 heavy (non-hydrogen) atoms. The summed E-state index contributed by atoms with van der Waals surface area (Å²) in [5, 5.41) is 45.6. The van der Waals surface area contributed by atoms with Crippen LogP contribution in [-0.2, 0) is 32.5 Å². The van der Waals surface area contributed by atoms with Crippen LogP contribution >= 0.6 is 23.1 Å². The molecule has 0 aliphatic carbocycles. The molecular formula is C105H118FN3O5S2. The molecular weight excluding hydrogens is 1470 g/mol. The molecule has 0 aliphatic heterocycles. The maximum absolute atomic E-state index is 14.9. The van der Waals surface area contributed by atoms with E-state index < -0.39 is 0 Å². The zero-order valence-corrected chi connectivity index (χ0v) is 74.5. The van der Waals surface area contributed by atoms with Gasteiger partial charge in [0.1, 0.15) is 33.8 Å². The van der Waals surface area contributed by atoms with E-state index in [4.69, 9.17) is 9.47 Å². The summed E-state index contributed by atoms with van der Waals surface area (Å²) in [4.78, 5) is 0.927. The number of hydrogen-bond acceptors (Lipinski definition) is 7. The van der Waals surface area contributed by atoms with Gasteiger partial charge in [0.25, 0.3) is 0 Å². The molecule has 11 aromatic carbocycles. The molecule has 0 atom stereocenters. The molecule has 15 rings (SSSR count). The second-order valence-electron chi connectivity index (χ2n) is 39.5. The lowest BCUT2D eigenvalue weighted by atomic mass is 9.71. The Balaban J connectivity index is 0.000000156. The number of benzene rings is 11. The average molecular weight is 1590 g/mol. The van der Waals surface area contributed by atoms with E-state index in [9.17, 15) is 19.7 Å². The summed E-state index contributed by atoms with van der Waals surface area (Å²) in [6.45, 7) is 49.9. The number of aromatic nitrogens is 3. The Labute approximate surface area is 696 Å². The number of hydrogen-bond donors (Lipinski definition) is 3. The molecule has 0 saturated carbocycles. The van der Waals surface area contributed by atoms with Crippen LogP contribution in [0, 0.1) is 16.6 Å². The highest BCUT2D eigenvalue weighted by molar-refractivity contribution is 7.98. The van der Waals surface area contributed by atoms with Crippen molar-refractivity contribution in [3.05, 3.63) is 257 Å². The van der Waals surface area contributed by atoms with Crippen LogP contribution in [0.15, 0.2) is 223 Å². The molecule has 0 fully saturated rings. The first-order chi connectivity index (χ1) is 54.3. The molecule has 0 saturated heterocycles. The predicted molar refractivity (Wildman–Crippen MR) is 495 cm³/mol.